The summed E-state index contributed by atoms with van der Waals surface area (Å²) in [7, 11) is 5.95. The van der Waals surface area contributed by atoms with Gasteiger partial charge in [0.05, 0.1) is 25.2 Å². The number of nitrogens with zero attached hydrogens (tertiary/aromatic N) is 4. The number of aromatic nitrogens is 4. The maximum absolute atomic E-state index is 14.9. The van der Waals surface area contributed by atoms with Crippen molar-refractivity contribution in [2.75, 3.05) is 28.3 Å². The van der Waals surface area contributed by atoms with Gasteiger partial charge in [0.25, 0.3) is 5.91 Å². The van der Waals surface area contributed by atoms with Crippen LogP contribution in [0.3, 0.4) is 0 Å². The number of methoxy groups -OCH3 is 2. The molecule has 1 aliphatic rings. The molecule has 0 aliphatic carbocycles. The number of carbonyl (C=O) groups excluding carboxylic acids is 1. The van der Waals surface area contributed by atoms with Crippen molar-refractivity contribution >= 4 is 16.9 Å². The summed E-state index contributed by atoms with van der Waals surface area (Å²) in [6.07, 6.45) is 2.20. The molecule has 1 amide bonds. The van der Waals surface area contributed by atoms with Crippen molar-refractivity contribution in [2.45, 2.75) is 18.9 Å². The second-order valence-electron chi connectivity index (χ2n) is 8.51. The van der Waals surface area contributed by atoms with E-state index in [0.29, 0.717) is 35.3 Å². The number of hydrogen-bond donors (Lipinski definition) is 1. The summed E-state index contributed by atoms with van der Waals surface area (Å²) < 4.78 is 45.8. The zero-order valence-electron chi connectivity index (χ0n) is 20.1. The number of fused-ring (bicyclic) bond motifs is 2. The Labute approximate surface area is 205 Å². The molecule has 186 valence electrons. The van der Waals surface area contributed by atoms with Gasteiger partial charge in [-0.1, -0.05) is 0 Å². The third-order valence-electron chi connectivity index (χ3n) is 6.11. The summed E-state index contributed by atoms with van der Waals surface area (Å²) in [4.78, 5) is 22.3. The van der Waals surface area contributed by atoms with Crippen LogP contribution < -0.4 is 14.2 Å². The highest BCUT2D eigenvalue weighted by molar-refractivity contribution is 5.91. The standard InChI is InChI=1S/C25H23F2N5O4/c1-32(2)25(33)16-8-5-12-9-13(6-7-15(12)36-16)22-14-11-28-24(29-23(14)31-30-22)19-20(26)17(34-3)10-18(35-4)21(19)27/h6-7,9-11,16H,5,8H2,1-4H3,(H,28,29,30,31). The van der Waals surface area contributed by atoms with Gasteiger partial charge in [0, 0.05) is 31.9 Å². The average molecular weight is 495 g/mol. The summed E-state index contributed by atoms with van der Waals surface area (Å²) in [5, 5.41) is 7.76. The highest BCUT2D eigenvalue weighted by Crippen LogP contribution is 2.38. The van der Waals surface area contributed by atoms with Gasteiger partial charge in [0.1, 0.15) is 11.4 Å². The van der Waals surface area contributed by atoms with Crippen molar-refractivity contribution in [1.29, 1.82) is 0 Å². The number of ether oxygens (including phenoxy) is 3. The van der Waals surface area contributed by atoms with Gasteiger partial charge in [-0.15, -0.1) is 0 Å². The van der Waals surface area contributed by atoms with Crippen molar-refractivity contribution < 1.29 is 27.8 Å². The molecule has 1 atom stereocenters. The Bertz CT molecular complexity index is 1460. The quantitative estimate of drug-likeness (QED) is 0.450. The predicted molar refractivity (Wildman–Crippen MR) is 127 cm³/mol. The molecule has 0 saturated carbocycles. The number of rotatable bonds is 5. The van der Waals surface area contributed by atoms with Gasteiger partial charge in [-0.25, -0.2) is 18.7 Å². The number of amides is 1. The highest BCUT2D eigenvalue weighted by atomic mass is 19.1. The minimum Gasteiger partial charge on any atom is -0.494 e. The summed E-state index contributed by atoms with van der Waals surface area (Å²) in [6, 6.07) is 6.71. The van der Waals surface area contributed by atoms with E-state index in [0.717, 1.165) is 17.2 Å². The number of likely N-dealkylation sites (N-methyl/N-ethyl adjacent to an activating group) is 1. The van der Waals surface area contributed by atoms with Crippen LogP contribution >= 0.6 is 0 Å². The summed E-state index contributed by atoms with van der Waals surface area (Å²) in [5.74, 6) is -1.85. The first kappa shape index (κ1) is 23.5. The molecular weight excluding hydrogens is 472 g/mol. The highest BCUT2D eigenvalue weighted by Gasteiger charge is 2.28. The van der Waals surface area contributed by atoms with Gasteiger partial charge in [0.15, 0.2) is 40.7 Å². The first-order valence-electron chi connectivity index (χ1n) is 11.1. The lowest BCUT2D eigenvalue weighted by atomic mass is 9.98. The van der Waals surface area contributed by atoms with Crippen molar-refractivity contribution in [3.8, 4) is 39.9 Å². The lowest BCUT2D eigenvalue weighted by Crippen LogP contribution is -2.39. The fourth-order valence-corrected chi connectivity index (χ4v) is 4.23. The predicted octanol–water partition coefficient (Wildman–Crippen LogP) is 3.76. The van der Waals surface area contributed by atoms with E-state index in [4.69, 9.17) is 14.2 Å². The maximum Gasteiger partial charge on any atom is 0.263 e. The molecule has 1 unspecified atom stereocenters. The molecule has 2 aromatic heterocycles. The summed E-state index contributed by atoms with van der Waals surface area (Å²) in [6.45, 7) is 0. The molecule has 2 aromatic carbocycles. The first-order valence-corrected chi connectivity index (χ1v) is 11.1. The zero-order valence-corrected chi connectivity index (χ0v) is 20.1. The fraction of sp³-hybridized carbons (Fsp3) is 0.280. The average Bonchev–Trinajstić information content (AvgIpc) is 3.31. The molecule has 5 rings (SSSR count). The molecule has 4 aromatic rings. The molecule has 0 radical (unpaired) electrons. The van der Waals surface area contributed by atoms with Crippen LogP contribution in [0, 0.1) is 11.6 Å². The van der Waals surface area contributed by atoms with Crippen LogP contribution in [-0.2, 0) is 11.2 Å². The largest absolute Gasteiger partial charge is 0.494 e. The Hall–Kier alpha value is -4.28. The number of nitrogens with one attached hydrogen (secondary N) is 1. The van der Waals surface area contributed by atoms with Crippen molar-refractivity contribution in [2.24, 2.45) is 0 Å². The van der Waals surface area contributed by atoms with Crippen LogP contribution in [0.15, 0.2) is 30.5 Å². The molecule has 0 fully saturated rings. The molecule has 0 saturated heterocycles. The van der Waals surface area contributed by atoms with E-state index in [1.54, 1.807) is 14.1 Å². The molecule has 9 nitrogen and oxygen atoms in total. The Morgan fingerprint density at radius 1 is 1.14 bits per heavy atom. The minimum absolute atomic E-state index is 0.0718. The number of benzene rings is 2. The van der Waals surface area contributed by atoms with Gasteiger partial charge >= 0.3 is 0 Å². The van der Waals surface area contributed by atoms with Crippen LogP contribution in [0.5, 0.6) is 17.2 Å². The first-order chi connectivity index (χ1) is 17.3. The van der Waals surface area contributed by atoms with E-state index < -0.39 is 23.3 Å². The minimum atomic E-state index is -0.935. The normalized spacial score (nSPS) is 14.8. The van der Waals surface area contributed by atoms with Crippen LogP contribution in [-0.4, -0.2) is 65.4 Å². The van der Waals surface area contributed by atoms with Gasteiger partial charge in [-0.3, -0.25) is 9.89 Å². The number of carbonyl (C=O) groups is 1. The third kappa shape index (κ3) is 3.86. The van der Waals surface area contributed by atoms with Crippen LogP contribution in [0.2, 0.25) is 0 Å². The Morgan fingerprint density at radius 2 is 1.86 bits per heavy atom. The molecule has 1 aliphatic heterocycles. The van der Waals surface area contributed by atoms with E-state index in [1.165, 1.54) is 25.3 Å². The summed E-state index contributed by atoms with van der Waals surface area (Å²) in [5.41, 5.74) is 2.17. The number of aryl methyl sites for hydroxylation is 1. The Kier molecular flexibility index (Phi) is 5.91. The smallest absolute Gasteiger partial charge is 0.263 e. The van der Waals surface area contributed by atoms with Gasteiger partial charge in [0.2, 0.25) is 0 Å². The second-order valence-corrected chi connectivity index (χ2v) is 8.51. The van der Waals surface area contributed by atoms with Crippen LogP contribution in [0.25, 0.3) is 33.7 Å². The lowest BCUT2D eigenvalue weighted by molar-refractivity contribution is -0.136. The zero-order chi connectivity index (χ0) is 25.6. The number of aromatic amines is 1. The lowest BCUT2D eigenvalue weighted by Gasteiger charge is -2.27. The Balaban J connectivity index is 1.50. The molecular formula is C25H23F2N5O4. The molecule has 11 heteroatoms. The van der Waals surface area contributed by atoms with Gasteiger partial charge in [-0.2, -0.15) is 5.10 Å². The Morgan fingerprint density at radius 3 is 2.53 bits per heavy atom. The van der Waals surface area contributed by atoms with E-state index in [2.05, 4.69) is 20.2 Å². The van der Waals surface area contributed by atoms with E-state index in [9.17, 15) is 13.6 Å². The third-order valence-corrected chi connectivity index (χ3v) is 6.11. The van der Waals surface area contributed by atoms with Crippen LogP contribution in [0.4, 0.5) is 8.78 Å². The monoisotopic (exact) mass is 495 g/mol. The van der Waals surface area contributed by atoms with Crippen molar-refractivity contribution in [3.63, 3.8) is 0 Å². The molecule has 0 spiro atoms. The van der Waals surface area contributed by atoms with E-state index in [-0.39, 0.29) is 23.2 Å². The topological polar surface area (TPSA) is 102 Å². The maximum atomic E-state index is 14.9. The van der Waals surface area contributed by atoms with Crippen molar-refractivity contribution in [3.05, 3.63) is 47.7 Å². The summed E-state index contributed by atoms with van der Waals surface area (Å²) >= 11 is 0. The fourth-order valence-electron chi connectivity index (χ4n) is 4.23. The number of halogens is 2. The SMILES string of the molecule is COc1cc(OC)c(F)c(-c2ncc3c(-c4ccc5c(c4)CCC(C(=O)N(C)C)O5)n[nH]c3n2)c1F. The van der Waals surface area contributed by atoms with E-state index in [1.807, 2.05) is 18.2 Å². The molecule has 36 heavy (non-hydrogen) atoms. The van der Waals surface area contributed by atoms with E-state index >= 15 is 0 Å². The second kappa shape index (κ2) is 9.06. The molecule has 1 N–H and O–H groups in total. The molecule has 3 heterocycles. The van der Waals surface area contributed by atoms with Crippen molar-refractivity contribution in [1.82, 2.24) is 25.1 Å². The van der Waals surface area contributed by atoms with Crippen LogP contribution in [0.1, 0.15) is 12.0 Å². The van der Waals surface area contributed by atoms with Gasteiger partial charge in [-0.05, 0) is 36.6 Å². The van der Waals surface area contributed by atoms with Gasteiger partial charge < -0.3 is 19.1 Å². The number of hydrogen-bond acceptors (Lipinski definition) is 7. The molecule has 0 bridgehead atoms. The number of H-pyrrole nitrogens is 1.